The second-order valence-corrected chi connectivity index (χ2v) is 7.50. The van der Waals surface area contributed by atoms with Gasteiger partial charge >= 0.3 is 0 Å². The molecule has 1 aliphatic heterocycles. The minimum Gasteiger partial charge on any atom is -0.467 e. The standard InChI is InChI=1S/C21H19NO2S/c1-15-8-10-17(11-9-15)22(14-18-6-4-12-24-18)21(23)20-13-16-5-2-3-7-19(16)25-20/h2-12,20H,13-14H2,1H3/t20-/m0/s1. The SMILES string of the molecule is Cc1ccc(N(Cc2ccco2)C(=O)[C@@H]2Cc3ccccc3S2)cc1. The van der Waals surface area contributed by atoms with Crippen LogP contribution in [-0.2, 0) is 17.8 Å². The summed E-state index contributed by atoms with van der Waals surface area (Å²) >= 11 is 1.66. The van der Waals surface area contributed by atoms with Gasteiger partial charge < -0.3 is 9.32 Å². The zero-order chi connectivity index (χ0) is 17.2. The van der Waals surface area contributed by atoms with Crippen LogP contribution < -0.4 is 4.90 Å². The van der Waals surface area contributed by atoms with E-state index in [1.54, 1.807) is 18.0 Å². The summed E-state index contributed by atoms with van der Waals surface area (Å²) in [6.45, 7) is 2.49. The van der Waals surface area contributed by atoms with Crippen molar-refractivity contribution < 1.29 is 9.21 Å². The first kappa shape index (κ1) is 16.0. The fourth-order valence-electron chi connectivity index (χ4n) is 3.07. The molecule has 1 aromatic heterocycles. The van der Waals surface area contributed by atoms with Crippen molar-refractivity contribution in [3.05, 3.63) is 83.8 Å². The second kappa shape index (κ2) is 6.81. The molecule has 3 aromatic rings. The van der Waals surface area contributed by atoms with Gasteiger partial charge in [0.05, 0.1) is 18.1 Å². The van der Waals surface area contributed by atoms with Crippen LogP contribution in [0.15, 0.2) is 76.2 Å². The molecule has 2 heterocycles. The van der Waals surface area contributed by atoms with E-state index < -0.39 is 0 Å². The number of aryl methyl sites for hydroxylation is 1. The van der Waals surface area contributed by atoms with Crippen LogP contribution in [0.5, 0.6) is 0 Å². The third-order valence-electron chi connectivity index (χ3n) is 4.43. The highest BCUT2D eigenvalue weighted by molar-refractivity contribution is 8.01. The van der Waals surface area contributed by atoms with Crippen LogP contribution in [0.3, 0.4) is 0 Å². The first-order chi connectivity index (χ1) is 12.2. The predicted octanol–water partition coefficient (Wildman–Crippen LogP) is 4.84. The molecule has 126 valence electrons. The van der Waals surface area contributed by atoms with Crippen LogP contribution in [0.2, 0.25) is 0 Å². The Bertz CT molecular complexity index is 846. The average Bonchev–Trinajstić information content (AvgIpc) is 3.29. The van der Waals surface area contributed by atoms with Gasteiger partial charge in [0.1, 0.15) is 5.76 Å². The molecular weight excluding hydrogens is 330 g/mol. The molecule has 0 bridgehead atoms. The van der Waals surface area contributed by atoms with Crippen molar-refractivity contribution >= 4 is 23.4 Å². The molecule has 4 heteroatoms. The summed E-state index contributed by atoms with van der Waals surface area (Å²) in [6.07, 6.45) is 2.42. The van der Waals surface area contributed by atoms with Gasteiger partial charge in [0, 0.05) is 10.6 Å². The lowest BCUT2D eigenvalue weighted by Gasteiger charge is -2.24. The van der Waals surface area contributed by atoms with E-state index in [1.165, 1.54) is 16.0 Å². The number of anilines is 1. The molecule has 0 saturated heterocycles. The predicted molar refractivity (Wildman–Crippen MR) is 101 cm³/mol. The summed E-state index contributed by atoms with van der Waals surface area (Å²) in [7, 11) is 0. The quantitative estimate of drug-likeness (QED) is 0.676. The van der Waals surface area contributed by atoms with E-state index in [9.17, 15) is 4.79 Å². The molecule has 2 aromatic carbocycles. The number of carbonyl (C=O) groups is 1. The zero-order valence-corrected chi connectivity index (χ0v) is 14.8. The van der Waals surface area contributed by atoms with Crippen LogP contribution in [0, 0.1) is 6.92 Å². The summed E-state index contributed by atoms with van der Waals surface area (Å²) in [6, 6.07) is 20.1. The molecular formula is C21H19NO2S. The summed E-state index contributed by atoms with van der Waals surface area (Å²) in [5.74, 6) is 0.913. The fraction of sp³-hybridized carbons (Fsp3) is 0.190. The van der Waals surface area contributed by atoms with Gasteiger partial charge in [0.15, 0.2) is 0 Å². The smallest absolute Gasteiger partial charge is 0.241 e. The Hall–Kier alpha value is -2.46. The van der Waals surface area contributed by atoms with Crippen molar-refractivity contribution in [1.82, 2.24) is 0 Å². The molecule has 0 N–H and O–H groups in total. The van der Waals surface area contributed by atoms with E-state index in [0.29, 0.717) is 6.54 Å². The monoisotopic (exact) mass is 349 g/mol. The van der Waals surface area contributed by atoms with Crippen molar-refractivity contribution in [2.75, 3.05) is 4.90 Å². The van der Waals surface area contributed by atoms with Gasteiger partial charge in [-0.05, 0) is 49.2 Å². The van der Waals surface area contributed by atoms with Crippen molar-refractivity contribution in [2.45, 2.75) is 30.0 Å². The largest absolute Gasteiger partial charge is 0.467 e. The van der Waals surface area contributed by atoms with Crippen molar-refractivity contribution in [3.8, 4) is 0 Å². The lowest BCUT2D eigenvalue weighted by atomic mass is 10.1. The van der Waals surface area contributed by atoms with E-state index >= 15 is 0 Å². The minimum absolute atomic E-state index is 0.0892. The molecule has 0 aliphatic carbocycles. The number of furan rings is 1. The molecule has 1 amide bonds. The number of benzene rings is 2. The Kier molecular flexibility index (Phi) is 4.36. The van der Waals surface area contributed by atoms with Gasteiger partial charge in [-0.1, -0.05) is 35.9 Å². The normalized spacial score (nSPS) is 15.8. The summed E-state index contributed by atoms with van der Waals surface area (Å²) in [5, 5.41) is -0.0892. The minimum atomic E-state index is -0.0892. The fourth-order valence-corrected chi connectivity index (χ4v) is 4.33. The molecule has 0 spiro atoms. The summed E-state index contributed by atoms with van der Waals surface area (Å²) in [5.41, 5.74) is 3.34. The summed E-state index contributed by atoms with van der Waals surface area (Å²) in [4.78, 5) is 16.3. The van der Waals surface area contributed by atoms with E-state index in [4.69, 9.17) is 4.42 Å². The van der Waals surface area contributed by atoms with E-state index in [1.807, 2.05) is 60.4 Å². The van der Waals surface area contributed by atoms with Gasteiger partial charge in [-0.2, -0.15) is 0 Å². The number of fused-ring (bicyclic) bond motifs is 1. The Morgan fingerprint density at radius 2 is 1.92 bits per heavy atom. The molecule has 0 fully saturated rings. The van der Waals surface area contributed by atoms with Gasteiger partial charge in [-0.25, -0.2) is 0 Å². The van der Waals surface area contributed by atoms with Gasteiger partial charge in [0.25, 0.3) is 0 Å². The highest BCUT2D eigenvalue weighted by atomic mass is 32.2. The van der Waals surface area contributed by atoms with E-state index in [-0.39, 0.29) is 11.2 Å². The highest BCUT2D eigenvalue weighted by Crippen LogP contribution is 2.38. The lowest BCUT2D eigenvalue weighted by Crippen LogP contribution is -2.37. The van der Waals surface area contributed by atoms with Gasteiger partial charge in [0.2, 0.25) is 5.91 Å². The molecule has 0 saturated carbocycles. The highest BCUT2D eigenvalue weighted by Gasteiger charge is 2.32. The summed E-state index contributed by atoms with van der Waals surface area (Å²) < 4.78 is 5.48. The maximum absolute atomic E-state index is 13.3. The Balaban J connectivity index is 1.61. The lowest BCUT2D eigenvalue weighted by molar-refractivity contribution is -0.118. The number of nitrogens with zero attached hydrogens (tertiary/aromatic N) is 1. The first-order valence-corrected chi connectivity index (χ1v) is 9.23. The third-order valence-corrected chi connectivity index (χ3v) is 5.73. The van der Waals surface area contributed by atoms with Crippen molar-refractivity contribution in [3.63, 3.8) is 0 Å². The van der Waals surface area contributed by atoms with Gasteiger partial charge in [-0.3, -0.25) is 4.79 Å². The van der Waals surface area contributed by atoms with E-state index in [0.717, 1.165) is 17.9 Å². The number of rotatable bonds is 4. The molecule has 3 nitrogen and oxygen atoms in total. The second-order valence-electron chi connectivity index (χ2n) is 6.26. The maximum Gasteiger partial charge on any atom is 0.241 e. The topological polar surface area (TPSA) is 33.5 Å². The van der Waals surface area contributed by atoms with Crippen LogP contribution >= 0.6 is 11.8 Å². The van der Waals surface area contributed by atoms with Gasteiger partial charge in [-0.15, -0.1) is 11.8 Å². The van der Waals surface area contributed by atoms with Crippen LogP contribution in [0.25, 0.3) is 0 Å². The molecule has 25 heavy (non-hydrogen) atoms. The Morgan fingerprint density at radius 3 is 2.64 bits per heavy atom. The Morgan fingerprint density at radius 1 is 1.12 bits per heavy atom. The molecule has 4 rings (SSSR count). The maximum atomic E-state index is 13.3. The third kappa shape index (κ3) is 3.35. The number of amides is 1. The van der Waals surface area contributed by atoms with E-state index in [2.05, 4.69) is 12.1 Å². The van der Waals surface area contributed by atoms with Crippen LogP contribution in [0.4, 0.5) is 5.69 Å². The number of hydrogen-bond acceptors (Lipinski definition) is 3. The average molecular weight is 349 g/mol. The molecule has 0 unspecified atom stereocenters. The molecule has 1 atom stereocenters. The number of thioether (sulfide) groups is 1. The van der Waals surface area contributed by atoms with Crippen LogP contribution in [-0.4, -0.2) is 11.2 Å². The van der Waals surface area contributed by atoms with Crippen LogP contribution in [0.1, 0.15) is 16.9 Å². The first-order valence-electron chi connectivity index (χ1n) is 8.36. The number of hydrogen-bond donors (Lipinski definition) is 0. The molecule has 0 radical (unpaired) electrons. The number of carbonyl (C=O) groups excluding carboxylic acids is 1. The Labute approximate surface area is 151 Å². The zero-order valence-electron chi connectivity index (χ0n) is 14.0. The molecule has 1 aliphatic rings. The van der Waals surface area contributed by atoms with Crippen molar-refractivity contribution in [2.24, 2.45) is 0 Å². The van der Waals surface area contributed by atoms with Crippen molar-refractivity contribution in [1.29, 1.82) is 0 Å².